The Morgan fingerprint density at radius 2 is 2.22 bits per heavy atom. The van der Waals surface area contributed by atoms with E-state index in [0.717, 1.165) is 5.57 Å². The largest absolute Gasteiger partial charge is 0.466 e. The first-order valence-corrected chi connectivity index (χ1v) is 7.70. The van der Waals surface area contributed by atoms with E-state index < -0.39 is 18.4 Å². The van der Waals surface area contributed by atoms with Gasteiger partial charge in [0.25, 0.3) is 6.29 Å². The highest BCUT2D eigenvalue weighted by molar-refractivity contribution is 5.89. The Bertz CT molecular complexity index is 527. The average Bonchev–Trinajstić information content (AvgIpc) is 2.94. The van der Waals surface area contributed by atoms with Crippen molar-refractivity contribution >= 4 is 12.1 Å². The van der Waals surface area contributed by atoms with Gasteiger partial charge in [0.15, 0.2) is 0 Å². The second-order valence-corrected chi connectivity index (χ2v) is 5.57. The van der Waals surface area contributed by atoms with Gasteiger partial charge in [0.1, 0.15) is 0 Å². The number of nitrogens with zero attached hydrogens (tertiary/aromatic N) is 1. The molecule has 3 unspecified atom stereocenters. The molecule has 128 valence electrons. The van der Waals surface area contributed by atoms with Crippen LogP contribution in [0.4, 0.5) is 4.79 Å². The van der Waals surface area contributed by atoms with Gasteiger partial charge in [0.2, 0.25) is 0 Å². The summed E-state index contributed by atoms with van der Waals surface area (Å²) < 4.78 is 15.7. The maximum atomic E-state index is 12.2. The molecule has 1 amide bonds. The summed E-state index contributed by atoms with van der Waals surface area (Å²) in [5, 5.41) is 8.99. The number of carbonyl (C=O) groups excluding carboxylic acids is 2. The lowest BCUT2D eigenvalue weighted by Gasteiger charge is -2.34. The third-order valence-corrected chi connectivity index (χ3v) is 4.32. The zero-order chi connectivity index (χ0) is 17.0. The summed E-state index contributed by atoms with van der Waals surface area (Å²) in [4.78, 5) is 25.4. The number of hydrogen-bond donors (Lipinski definition) is 1. The Hall–Kier alpha value is -2.02. The summed E-state index contributed by atoms with van der Waals surface area (Å²) >= 11 is 0. The summed E-state index contributed by atoms with van der Waals surface area (Å²) in [7, 11) is 1.33. The fraction of sp³-hybridized carbons (Fsp3) is 0.625. The SMILES string of the molecule is CCN(CCO)C(=O)OC1OC=C(C(=O)OC)C2CC=C(C)C12. The Balaban J connectivity index is 2.14. The molecule has 0 spiro atoms. The zero-order valence-corrected chi connectivity index (χ0v) is 13.7. The Labute approximate surface area is 135 Å². The van der Waals surface area contributed by atoms with Crippen LogP contribution in [-0.2, 0) is 19.0 Å². The molecule has 1 aliphatic carbocycles. The van der Waals surface area contributed by atoms with Crippen molar-refractivity contribution in [1.82, 2.24) is 4.90 Å². The van der Waals surface area contributed by atoms with Gasteiger partial charge in [0, 0.05) is 19.0 Å². The van der Waals surface area contributed by atoms with Gasteiger partial charge in [0.05, 0.1) is 31.5 Å². The fourth-order valence-electron chi connectivity index (χ4n) is 3.04. The Morgan fingerprint density at radius 3 is 2.83 bits per heavy atom. The van der Waals surface area contributed by atoms with E-state index in [-0.39, 0.29) is 25.0 Å². The lowest BCUT2D eigenvalue weighted by molar-refractivity contribution is -0.142. The smallest absolute Gasteiger partial charge is 0.412 e. The molecule has 0 bridgehead atoms. The van der Waals surface area contributed by atoms with Crippen molar-refractivity contribution in [2.24, 2.45) is 11.8 Å². The lowest BCUT2D eigenvalue weighted by Crippen LogP contribution is -2.42. The Kier molecular flexibility index (Phi) is 5.65. The number of fused-ring (bicyclic) bond motifs is 1. The molecule has 7 heteroatoms. The molecule has 1 N–H and O–H groups in total. The number of carbonyl (C=O) groups is 2. The highest BCUT2D eigenvalue weighted by Gasteiger charge is 2.45. The molecular weight excluding hydrogens is 302 g/mol. The number of likely N-dealkylation sites (N-methyl/N-ethyl adjacent to an activating group) is 1. The first-order valence-electron chi connectivity index (χ1n) is 7.70. The second-order valence-electron chi connectivity index (χ2n) is 5.57. The maximum absolute atomic E-state index is 12.2. The van der Waals surface area contributed by atoms with Crippen LogP contribution in [0, 0.1) is 11.8 Å². The number of amides is 1. The molecule has 23 heavy (non-hydrogen) atoms. The van der Waals surface area contributed by atoms with Gasteiger partial charge >= 0.3 is 12.1 Å². The summed E-state index contributed by atoms with van der Waals surface area (Å²) in [5.74, 6) is -0.740. The monoisotopic (exact) mass is 325 g/mol. The highest BCUT2D eigenvalue weighted by Crippen LogP contribution is 2.43. The number of ether oxygens (including phenoxy) is 3. The van der Waals surface area contributed by atoms with Gasteiger partial charge in [-0.25, -0.2) is 9.59 Å². The van der Waals surface area contributed by atoms with Crippen LogP contribution in [0.15, 0.2) is 23.5 Å². The number of hydrogen-bond acceptors (Lipinski definition) is 6. The van der Waals surface area contributed by atoms with Crippen LogP contribution >= 0.6 is 0 Å². The minimum Gasteiger partial charge on any atom is -0.466 e. The van der Waals surface area contributed by atoms with E-state index in [1.165, 1.54) is 18.3 Å². The lowest BCUT2D eigenvalue weighted by atomic mass is 9.84. The van der Waals surface area contributed by atoms with E-state index in [2.05, 4.69) is 0 Å². The number of methoxy groups -OCH3 is 1. The van der Waals surface area contributed by atoms with Crippen molar-refractivity contribution in [2.45, 2.75) is 26.6 Å². The van der Waals surface area contributed by atoms with Crippen LogP contribution in [-0.4, -0.2) is 55.2 Å². The van der Waals surface area contributed by atoms with Crippen molar-refractivity contribution in [3.8, 4) is 0 Å². The molecule has 0 aromatic carbocycles. The van der Waals surface area contributed by atoms with Gasteiger partial charge in [-0.3, -0.25) is 0 Å². The highest BCUT2D eigenvalue weighted by atomic mass is 16.7. The standard InChI is InChI=1S/C16H23NO6/c1-4-17(7-8-18)16(20)23-15-13-10(2)5-6-11(13)12(9-22-15)14(19)21-3/h5,9,11,13,15,18H,4,6-8H2,1-3H3. The van der Waals surface area contributed by atoms with E-state index in [1.807, 2.05) is 13.0 Å². The second kappa shape index (κ2) is 7.50. The van der Waals surface area contributed by atoms with Crippen LogP contribution in [0.25, 0.3) is 0 Å². The van der Waals surface area contributed by atoms with E-state index in [9.17, 15) is 9.59 Å². The van der Waals surface area contributed by atoms with Crippen molar-refractivity contribution in [3.05, 3.63) is 23.5 Å². The fourth-order valence-corrected chi connectivity index (χ4v) is 3.04. The zero-order valence-electron chi connectivity index (χ0n) is 13.7. The first kappa shape index (κ1) is 17.3. The molecule has 0 aromatic rings. The molecule has 0 saturated heterocycles. The summed E-state index contributed by atoms with van der Waals surface area (Å²) in [6, 6.07) is 0. The van der Waals surface area contributed by atoms with Crippen LogP contribution in [0.5, 0.6) is 0 Å². The quantitative estimate of drug-likeness (QED) is 0.608. The topological polar surface area (TPSA) is 85.3 Å². The van der Waals surface area contributed by atoms with Gasteiger partial charge < -0.3 is 24.2 Å². The molecule has 2 rings (SSSR count). The van der Waals surface area contributed by atoms with E-state index in [4.69, 9.17) is 19.3 Å². The third kappa shape index (κ3) is 3.50. The number of allylic oxidation sites excluding steroid dienone is 1. The molecule has 2 aliphatic rings. The van der Waals surface area contributed by atoms with Crippen LogP contribution in [0.1, 0.15) is 20.3 Å². The molecule has 0 radical (unpaired) electrons. The molecule has 0 fully saturated rings. The molecule has 0 saturated carbocycles. The average molecular weight is 325 g/mol. The normalized spacial score (nSPS) is 25.7. The van der Waals surface area contributed by atoms with Gasteiger partial charge in [-0.1, -0.05) is 11.6 Å². The van der Waals surface area contributed by atoms with E-state index in [0.29, 0.717) is 18.5 Å². The number of rotatable bonds is 5. The first-order chi connectivity index (χ1) is 11.0. The molecule has 1 heterocycles. The minimum absolute atomic E-state index is 0.109. The number of esters is 1. The number of aliphatic hydroxyl groups excluding tert-OH is 1. The van der Waals surface area contributed by atoms with Crippen molar-refractivity contribution in [1.29, 1.82) is 0 Å². The maximum Gasteiger partial charge on any atom is 0.412 e. The molecule has 1 aliphatic heterocycles. The van der Waals surface area contributed by atoms with E-state index in [1.54, 1.807) is 6.92 Å². The predicted octanol–water partition coefficient (Wildman–Crippen LogP) is 1.43. The Morgan fingerprint density at radius 1 is 1.48 bits per heavy atom. The van der Waals surface area contributed by atoms with Crippen molar-refractivity contribution in [3.63, 3.8) is 0 Å². The van der Waals surface area contributed by atoms with Crippen LogP contribution in [0.3, 0.4) is 0 Å². The molecule has 7 nitrogen and oxygen atoms in total. The van der Waals surface area contributed by atoms with Gasteiger partial charge in [-0.2, -0.15) is 0 Å². The minimum atomic E-state index is -0.785. The van der Waals surface area contributed by atoms with Gasteiger partial charge in [-0.05, 0) is 20.3 Å². The summed E-state index contributed by atoms with van der Waals surface area (Å²) in [6.45, 7) is 4.23. The van der Waals surface area contributed by atoms with Gasteiger partial charge in [-0.15, -0.1) is 0 Å². The van der Waals surface area contributed by atoms with Crippen LogP contribution < -0.4 is 0 Å². The van der Waals surface area contributed by atoms with E-state index >= 15 is 0 Å². The van der Waals surface area contributed by atoms with Crippen LogP contribution in [0.2, 0.25) is 0 Å². The van der Waals surface area contributed by atoms with Crippen molar-refractivity contribution < 1.29 is 28.9 Å². The molecule has 0 aromatic heterocycles. The third-order valence-electron chi connectivity index (χ3n) is 4.32. The summed E-state index contributed by atoms with van der Waals surface area (Å²) in [6.07, 6.45) is 2.71. The molecule has 3 atom stereocenters. The molecular formula is C16H23NO6. The number of aliphatic hydroxyl groups is 1. The predicted molar refractivity (Wildman–Crippen MR) is 81.1 cm³/mol. The summed E-state index contributed by atoms with van der Waals surface area (Å²) in [5.41, 5.74) is 1.48. The van der Waals surface area contributed by atoms with Crippen molar-refractivity contribution in [2.75, 3.05) is 26.8 Å².